The first-order chi connectivity index (χ1) is 17.0. The summed E-state index contributed by atoms with van der Waals surface area (Å²) in [5, 5.41) is 1.50. The van der Waals surface area contributed by atoms with Crippen molar-refractivity contribution < 1.29 is 18.3 Å². The minimum Gasteiger partial charge on any atom is -0.376 e. The molecule has 2 fully saturated rings. The van der Waals surface area contributed by atoms with Crippen molar-refractivity contribution in [2.24, 2.45) is 0 Å². The molecule has 4 aromatic rings. The van der Waals surface area contributed by atoms with E-state index in [1.807, 2.05) is 48.5 Å². The number of benzene rings is 2. The lowest BCUT2D eigenvalue weighted by molar-refractivity contribution is -0.0905. The van der Waals surface area contributed by atoms with Gasteiger partial charge in [0.1, 0.15) is 11.3 Å². The molecule has 0 amide bonds. The van der Waals surface area contributed by atoms with Crippen molar-refractivity contribution >= 4 is 33.5 Å². The Kier molecular flexibility index (Phi) is 5.95. The number of alkyl halides is 2. The average Bonchev–Trinajstić information content (AvgIpc) is 3.23. The predicted octanol–water partition coefficient (Wildman–Crippen LogP) is 6.69. The predicted molar refractivity (Wildman–Crippen MR) is 131 cm³/mol. The van der Waals surface area contributed by atoms with Gasteiger partial charge in [-0.15, -0.1) is 0 Å². The van der Waals surface area contributed by atoms with E-state index < -0.39 is 5.92 Å². The van der Waals surface area contributed by atoms with E-state index in [2.05, 4.69) is 9.55 Å². The Labute approximate surface area is 207 Å². The van der Waals surface area contributed by atoms with Crippen LogP contribution in [0.2, 0.25) is 5.02 Å². The second-order valence-electron chi connectivity index (χ2n) is 9.63. The lowest BCUT2D eigenvalue weighted by Crippen LogP contribution is -2.37. The van der Waals surface area contributed by atoms with Crippen LogP contribution in [0.1, 0.15) is 49.0 Å². The van der Waals surface area contributed by atoms with E-state index in [9.17, 15) is 8.78 Å². The maximum Gasteiger partial charge on any atom is 0.249 e. The highest BCUT2D eigenvalue weighted by Gasteiger charge is 2.48. The molecule has 0 radical (unpaired) electrons. The molecule has 5 nitrogen and oxygen atoms in total. The van der Waals surface area contributed by atoms with Crippen LogP contribution in [0.4, 0.5) is 8.78 Å². The van der Waals surface area contributed by atoms with Crippen LogP contribution in [0, 0.1) is 0 Å². The molecule has 0 bridgehead atoms. The van der Waals surface area contributed by atoms with Crippen molar-refractivity contribution in [3.05, 3.63) is 71.1 Å². The van der Waals surface area contributed by atoms with Crippen molar-refractivity contribution in [2.75, 3.05) is 13.2 Å². The fraction of sp³-hybridized carbons (Fsp3) is 0.407. The number of hydrogen-bond donors (Lipinski definition) is 0. The van der Waals surface area contributed by atoms with Gasteiger partial charge in [-0.05, 0) is 36.6 Å². The number of halogens is 3. The molecule has 1 saturated carbocycles. The topological polar surface area (TPSA) is 49.2 Å². The summed E-state index contributed by atoms with van der Waals surface area (Å²) < 4.78 is 41.9. The maximum absolute atomic E-state index is 13.8. The molecule has 2 aromatic carbocycles. The second-order valence-corrected chi connectivity index (χ2v) is 10.1. The first-order valence-electron chi connectivity index (χ1n) is 12.0. The molecule has 3 heterocycles. The van der Waals surface area contributed by atoms with Crippen molar-refractivity contribution in [3.8, 4) is 0 Å². The van der Waals surface area contributed by atoms with E-state index in [1.165, 1.54) is 0 Å². The van der Waals surface area contributed by atoms with E-state index >= 15 is 0 Å². The van der Waals surface area contributed by atoms with Crippen molar-refractivity contribution in [1.82, 2.24) is 14.5 Å². The Morgan fingerprint density at radius 2 is 1.94 bits per heavy atom. The summed E-state index contributed by atoms with van der Waals surface area (Å²) in [6.07, 6.45) is 2.82. The minimum absolute atomic E-state index is 0.0629. The number of ether oxygens (including phenoxy) is 2. The number of fused-ring (bicyclic) bond motifs is 3. The monoisotopic (exact) mass is 497 g/mol. The molecule has 0 spiro atoms. The van der Waals surface area contributed by atoms with Gasteiger partial charge in [0.05, 0.1) is 36.5 Å². The Hall–Kier alpha value is -2.61. The molecule has 2 atom stereocenters. The van der Waals surface area contributed by atoms with Gasteiger partial charge in [-0.1, -0.05) is 41.9 Å². The summed E-state index contributed by atoms with van der Waals surface area (Å²) in [6.45, 7) is 1.58. The molecule has 0 unspecified atom stereocenters. The first-order valence-corrected chi connectivity index (χ1v) is 12.4. The Balaban J connectivity index is 1.32. The van der Waals surface area contributed by atoms with E-state index in [4.69, 9.17) is 26.1 Å². The van der Waals surface area contributed by atoms with Gasteiger partial charge in [-0.25, -0.2) is 13.8 Å². The van der Waals surface area contributed by atoms with Gasteiger partial charge in [-0.3, -0.25) is 4.98 Å². The summed E-state index contributed by atoms with van der Waals surface area (Å²) in [4.78, 5) is 9.37. The van der Waals surface area contributed by atoms with Gasteiger partial charge in [0.25, 0.3) is 0 Å². The summed E-state index contributed by atoms with van der Waals surface area (Å²) in [5.74, 6) is -2.18. The largest absolute Gasteiger partial charge is 0.376 e. The van der Waals surface area contributed by atoms with Crippen molar-refractivity contribution in [3.63, 3.8) is 0 Å². The third-order valence-corrected chi connectivity index (χ3v) is 7.32. The number of aromatic nitrogens is 3. The SMILES string of the molecule is FC1(F)CC(c2nc3cnc4ccc(Cl)cc4c3n2[C@@H]2CCO[C@H](COCc3ccccc3)C2)C1. The summed E-state index contributed by atoms with van der Waals surface area (Å²) in [6, 6.07) is 15.7. The molecule has 8 heteroatoms. The van der Waals surface area contributed by atoms with E-state index in [-0.39, 0.29) is 30.9 Å². The van der Waals surface area contributed by atoms with Gasteiger partial charge in [-0.2, -0.15) is 0 Å². The Bertz CT molecular complexity index is 1350. The maximum atomic E-state index is 13.8. The smallest absolute Gasteiger partial charge is 0.249 e. The molecule has 2 aliphatic rings. The van der Waals surface area contributed by atoms with Crippen LogP contribution in [0.3, 0.4) is 0 Å². The molecule has 2 aromatic heterocycles. The molecule has 1 aliphatic carbocycles. The fourth-order valence-corrected chi connectivity index (χ4v) is 5.53. The zero-order valence-corrected chi connectivity index (χ0v) is 19.9. The highest BCUT2D eigenvalue weighted by atomic mass is 35.5. The third-order valence-electron chi connectivity index (χ3n) is 7.08. The van der Waals surface area contributed by atoms with E-state index in [1.54, 1.807) is 6.20 Å². The molecule has 6 rings (SSSR count). The first kappa shape index (κ1) is 22.8. The quantitative estimate of drug-likeness (QED) is 0.298. The van der Waals surface area contributed by atoms with Crippen molar-refractivity contribution in [2.45, 2.75) is 56.3 Å². The summed E-state index contributed by atoms with van der Waals surface area (Å²) in [5.41, 5.74) is 3.56. The molecule has 1 saturated heterocycles. The van der Waals surface area contributed by atoms with Gasteiger partial charge in [0.2, 0.25) is 5.92 Å². The van der Waals surface area contributed by atoms with Gasteiger partial charge in [0, 0.05) is 41.8 Å². The highest BCUT2D eigenvalue weighted by molar-refractivity contribution is 6.31. The number of rotatable bonds is 6. The van der Waals surface area contributed by atoms with Gasteiger partial charge in [0.15, 0.2) is 0 Å². The average molecular weight is 498 g/mol. The zero-order valence-electron chi connectivity index (χ0n) is 19.2. The van der Waals surface area contributed by atoms with Crippen LogP contribution in [-0.2, 0) is 16.1 Å². The van der Waals surface area contributed by atoms with Crippen molar-refractivity contribution in [1.29, 1.82) is 0 Å². The Morgan fingerprint density at radius 3 is 2.74 bits per heavy atom. The molecule has 182 valence electrons. The molecular weight excluding hydrogens is 472 g/mol. The Morgan fingerprint density at radius 1 is 1.11 bits per heavy atom. The zero-order chi connectivity index (χ0) is 24.0. The van der Waals surface area contributed by atoms with Crippen LogP contribution in [0.25, 0.3) is 21.9 Å². The number of nitrogens with zero attached hydrogens (tertiary/aromatic N) is 3. The summed E-state index contributed by atoms with van der Waals surface area (Å²) in [7, 11) is 0. The van der Waals surface area contributed by atoms with Gasteiger partial charge < -0.3 is 14.0 Å². The van der Waals surface area contributed by atoms with Crippen LogP contribution < -0.4 is 0 Å². The van der Waals surface area contributed by atoms with Crippen LogP contribution in [0.15, 0.2) is 54.7 Å². The molecule has 35 heavy (non-hydrogen) atoms. The van der Waals surface area contributed by atoms with E-state index in [0.29, 0.717) is 30.4 Å². The van der Waals surface area contributed by atoms with Crippen LogP contribution >= 0.6 is 11.6 Å². The van der Waals surface area contributed by atoms with E-state index in [0.717, 1.165) is 40.6 Å². The standard InChI is InChI=1S/C27H26ClF2N3O2/c28-19-6-7-23-22(10-19)25-24(14-31-23)32-26(18-12-27(29,30)13-18)33(25)20-8-9-35-21(11-20)16-34-15-17-4-2-1-3-5-17/h1-7,10,14,18,20-21H,8-9,11-13,15-16H2/t20-,21+/m1/s1. The second kappa shape index (κ2) is 9.12. The number of hydrogen-bond acceptors (Lipinski definition) is 4. The third kappa shape index (κ3) is 4.53. The molecular formula is C27H26ClF2N3O2. The minimum atomic E-state index is -2.62. The molecule has 0 N–H and O–H groups in total. The van der Waals surface area contributed by atoms with Gasteiger partial charge >= 0.3 is 0 Å². The number of imidazole rings is 1. The fourth-order valence-electron chi connectivity index (χ4n) is 5.36. The summed E-state index contributed by atoms with van der Waals surface area (Å²) >= 11 is 6.34. The van der Waals surface area contributed by atoms with Crippen LogP contribution in [-0.4, -0.2) is 39.8 Å². The molecule has 1 aliphatic heterocycles. The lowest BCUT2D eigenvalue weighted by atomic mass is 9.80. The van der Waals surface area contributed by atoms with Crippen LogP contribution in [0.5, 0.6) is 0 Å². The highest BCUT2D eigenvalue weighted by Crippen LogP contribution is 2.50. The number of pyridine rings is 1. The lowest BCUT2D eigenvalue weighted by Gasteiger charge is -2.37. The normalized spacial score (nSPS) is 22.5.